The minimum Gasteiger partial charge on any atom is -0.410 e. The second-order valence-electron chi connectivity index (χ2n) is 5.74. The molecule has 0 saturated carbocycles. The first kappa shape index (κ1) is 16.4. The summed E-state index contributed by atoms with van der Waals surface area (Å²) in [5.74, 6) is 0.966. The van der Waals surface area contributed by atoms with Crippen molar-refractivity contribution in [3.63, 3.8) is 0 Å². The van der Waals surface area contributed by atoms with E-state index in [9.17, 15) is 4.79 Å². The Bertz CT molecular complexity index is 697. The zero-order chi connectivity index (χ0) is 16.4. The van der Waals surface area contributed by atoms with Gasteiger partial charge in [-0.3, -0.25) is 4.79 Å². The molecule has 1 fully saturated rings. The molecule has 2 aromatic rings. The summed E-state index contributed by atoms with van der Waals surface area (Å²) in [4.78, 5) is 19.6. The van der Waals surface area contributed by atoms with Gasteiger partial charge in [0.05, 0.1) is 16.5 Å². The number of piperidine rings is 1. The lowest BCUT2D eigenvalue weighted by atomic mass is 10.0. The molecule has 2 aromatic heterocycles. The Labute approximate surface area is 143 Å². The molecular formula is C15H20N4O2S2. The van der Waals surface area contributed by atoms with Crippen LogP contribution >= 0.6 is 23.1 Å². The summed E-state index contributed by atoms with van der Waals surface area (Å²) >= 11 is 2.84. The Balaban J connectivity index is 1.61. The first-order chi connectivity index (χ1) is 11.0. The van der Waals surface area contributed by atoms with Crippen molar-refractivity contribution in [3.8, 4) is 10.8 Å². The maximum absolute atomic E-state index is 12.3. The zero-order valence-corrected chi connectivity index (χ0v) is 15.2. The molecular weight excluding hydrogens is 332 g/mol. The van der Waals surface area contributed by atoms with E-state index in [-0.39, 0.29) is 5.91 Å². The van der Waals surface area contributed by atoms with Crippen LogP contribution in [-0.2, 0) is 4.79 Å². The van der Waals surface area contributed by atoms with Crippen molar-refractivity contribution in [1.82, 2.24) is 20.1 Å². The lowest BCUT2D eigenvalue weighted by Gasteiger charge is -2.33. The third kappa shape index (κ3) is 3.74. The van der Waals surface area contributed by atoms with Gasteiger partial charge in [0.1, 0.15) is 4.88 Å². The molecule has 8 heteroatoms. The first-order valence-corrected chi connectivity index (χ1v) is 9.55. The number of hydrogen-bond donors (Lipinski definition) is 0. The highest BCUT2D eigenvalue weighted by Gasteiger charge is 2.24. The topological polar surface area (TPSA) is 72.1 Å². The summed E-state index contributed by atoms with van der Waals surface area (Å²) in [6, 6.07) is 0.331. The van der Waals surface area contributed by atoms with Gasteiger partial charge in [0.15, 0.2) is 0 Å². The number of hydrogen-bond acceptors (Lipinski definition) is 7. The Morgan fingerprint density at radius 1 is 1.39 bits per heavy atom. The predicted molar refractivity (Wildman–Crippen MR) is 90.6 cm³/mol. The Hall–Kier alpha value is -1.41. The summed E-state index contributed by atoms with van der Waals surface area (Å²) in [6.07, 6.45) is 3.39. The molecule has 0 radical (unpaired) electrons. The van der Waals surface area contributed by atoms with Crippen LogP contribution < -0.4 is 0 Å². The van der Waals surface area contributed by atoms with Gasteiger partial charge in [-0.25, -0.2) is 4.98 Å². The third-order valence-electron chi connectivity index (χ3n) is 3.95. The van der Waals surface area contributed by atoms with Gasteiger partial charge in [0.25, 0.3) is 11.1 Å². The summed E-state index contributed by atoms with van der Waals surface area (Å²) in [7, 11) is 0. The zero-order valence-electron chi connectivity index (χ0n) is 13.5. The third-order valence-corrected chi connectivity index (χ3v) is 5.81. The molecule has 0 unspecified atom stereocenters. The van der Waals surface area contributed by atoms with E-state index in [0.29, 0.717) is 22.9 Å². The number of carbonyl (C=O) groups excluding carboxylic acids is 1. The number of aryl methyl sites for hydroxylation is 2. The lowest BCUT2D eigenvalue weighted by molar-refractivity contribution is -0.131. The molecule has 1 atom stereocenters. The SMILES string of the molecule is Cc1nc(C)c(-c2nnc(SCC(=O)N3CCCC[C@H]3C)o2)s1. The van der Waals surface area contributed by atoms with Gasteiger partial charge < -0.3 is 9.32 Å². The minimum absolute atomic E-state index is 0.145. The van der Waals surface area contributed by atoms with Gasteiger partial charge in [0.2, 0.25) is 5.91 Å². The summed E-state index contributed by atoms with van der Waals surface area (Å²) in [5, 5.41) is 9.51. The predicted octanol–water partition coefficient (Wildman–Crippen LogP) is 3.30. The molecule has 23 heavy (non-hydrogen) atoms. The van der Waals surface area contributed by atoms with Crippen molar-refractivity contribution in [2.75, 3.05) is 12.3 Å². The molecule has 6 nitrogen and oxygen atoms in total. The Kier molecular flexibility index (Phi) is 5.01. The molecule has 0 aliphatic carbocycles. The van der Waals surface area contributed by atoms with Crippen LogP contribution in [0, 0.1) is 13.8 Å². The molecule has 1 saturated heterocycles. The highest BCUT2D eigenvalue weighted by atomic mass is 32.2. The number of likely N-dealkylation sites (tertiary alicyclic amines) is 1. The highest BCUT2D eigenvalue weighted by Crippen LogP contribution is 2.30. The van der Waals surface area contributed by atoms with E-state index in [4.69, 9.17) is 4.42 Å². The van der Waals surface area contributed by atoms with E-state index < -0.39 is 0 Å². The van der Waals surface area contributed by atoms with Gasteiger partial charge in [-0.2, -0.15) is 0 Å². The highest BCUT2D eigenvalue weighted by molar-refractivity contribution is 7.99. The number of thiazole rings is 1. The quantitative estimate of drug-likeness (QED) is 0.786. The van der Waals surface area contributed by atoms with Crippen LogP contribution in [0.5, 0.6) is 0 Å². The van der Waals surface area contributed by atoms with E-state index >= 15 is 0 Å². The summed E-state index contributed by atoms with van der Waals surface area (Å²) in [6.45, 7) is 6.85. The molecule has 3 rings (SSSR count). The maximum atomic E-state index is 12.3. The fourth-order valence-corrected chi connectivity index (χ4v) is 4.25. The molecule has 0 spiro atoms. The van der Waals surface area contributed by atoms with Crippen molar-refractivity contribution >= 4 is 29.0 Å². The molecule has 124 valence electrons. The molecule has 0 aromatic carbocycles. The second kappa shape index (κ2) is 7.00. The van der Waals surface area contributed by atoms with Gasteiger partial charge in [-0.05, 0) is 40.0 Å². The average molecular weight is 352 g/mol. The van der Waals surface area contributed by atoms with Gasteiger partial charge in [0, 0.05) is 12.6 Å². The van der Waals surface area contributed by atoms with Crippen LogP contribution in [0.3, 0.4) is 0 Å². The van der Waals surface area contributed by atoms with E-state index in [1.807, 2.05) is 18.7 Å². The molecule has 0 N–H and O–H groups in total. The van der Waals surface area contributed by atoms with Gasteiger partial charge >= 0.3 is 0 Å². The van der Waals surface area contributed by atoms with Crippen molar-refractivity contribution in [2.45, 2.75) is 51.3 Å². The van der Waals surface area contributed by atoms with Crippen LogP contribution in [-0.4, -0.2) is 44.3 Å². The van der Waals surface area contributed by atoms with Crippen LogP contribution in [0.15, 0.2) is 9.64 Å². The normalized spacial score (nSPS) is 18.4. The number of amides is 1. The smallest absolute Gasteiger partial charge is 0.277 e. The summed E-state index contributed by atoms with van der Waals surface area (Å²) < 4.78 is 5.67. The van der Waals surface area contributed by atoms with Crippen molar-refractivity contribution < 1.29 is 9.21 Å². The van der Waals surface area contributed by atoms with E-state index in [1.165, 1.54) is 29.5 Å². The van der Waals surface area contributed by atoms with Crippen LogP contribution in [0.4, 0.5) is 0 Å². The Morgan fingerprint density at radius 3 is 2.91 bits per heavy atom. The maximum Gasteiger partial charge on any atom is 0.277 e. The van der Waals surface area contributed by atoms with Crippen molar-refractivity contribution in [3.05, 3.63) is 10.7 Å². The van der Waals surface area contributed by atoms with Gasteiger partial charge in [-0.1, -0.05) is 11.8 Å². The molecule has 1 aliphatic rings. The Morgan fingerprint density at radius 2 is 2.22 bits per heavy atom. The number of rotatable bonds is 4. The number of nitrogens with zero attached hydrogens (tertiary/aromatic N) is 4. The van der Waals surface area contributed by atoms with Gasteiger partial charge in [-0.15, -0.1) is 21.5 Å². The molecule has 1 aliphatic heterocycles. The molecule has 3 heterocycles. The first-order valence-electron chi connectivity index (χ1n) is 7.75. The van der Waals surface area contributed by atoms with E-state index in [1.54, 1.807) is 0 Å². The average Bonchev–Trinajstić information content (AvgIpc) is 3.11. The van der Waals surface area contributed by atoms with E-state index in [2.05, 4.69) is 22.1 Å². The summed E-state index contributed by atoms with van der Waals surface area (Å²) in [5.41, 5.74) is 0.894. The largest absolute Gasteiger partial charge is 0.410 e. The molecule has 1 amide bonds. The van der Waals surface area contributed by atoms with Crippen molar-refractivity contribution in [1.29, 1.82) is 0 Å². The van der Waals surface area contributed by atoms with E-state index in [0.717, 1.165) is 35.0 Å². The number of aromatic nitrogens is 3. The fraction of sp³-hybridized carbons (Fsp3) is 0.600. The fourth-order valence-electron chi connectivity index (χ4n) is 2.76. The monoisotopic (exact) mass is 352 g/mol. The van der Waals surface area contributed by atoms with Crippen LogP contribution in [0.25, 0.3) is 10.8 Å². The second-order valence-corrected chi connectivity index (χ2v) is 7.87. The van der Waals surface area contributed by atoms with Crippen LogP contribution in [0.1, 0.15) is 36.9 Å². The minimum atomic E-state index is 0.145. The standard InChI is InChI=1S/C15H20N4O2S2/c1-9-6-4-5-7-19(9)12(20)8-22-15-18-17-14(21-15)13-10(2)16-11(3)23-13/h9H,4-8H2,1-3H3/t9-/m1/s1. The number of thioether (sulfide) groups is 1. The van der Waals surface area contributed by atoms with Crippen LogP contribution in [0.2, 0.25) is 0 Å². The van der Waals surface area contributed by atoms with Crippen molar-refractivity contribution in [2.24, 2.45) is 0 Å². The number of carbonyl (C=O) groups is 1. The molecule has 0 bridgehead atoms. The lowest BCUT2D eigenvalue weighted by Crippen LogP contribution is -2.42.